The van der Waals surface area contributed by atoms with Gasteiger partial charge in [0.1, 0.15) is 17.9 Å². The maximum atomic E-state index is 6.21. The quantitative estimate of drug-likeness (QED) is 0.862. The van der Waals surface area contributed by atoms with Crippen LogP contribution in [0.2, 0.25) is 0 Å². The van der Waals surface area contributed by atoms with Crippen LogP contribution in [0.25, 0.3) is 0 Å². The Morgan fingerprint density at radius 2 is 2.00 bits per heavy atom. The SMILES string of the molecule is CCOc1ccc(C(N)Cc2ncnn2CC)cc1. The molecule has 5 heteroatoms. The molecule has 19 heavy (non-hydrogen) atoms. The van der Waals surface area contributed by atoms with Gasteiger partial charge in [-0.25, -0.2) is 4.98 Å². The third-order valence-corrected chi connectivity index (χ3v) is 3.02. The third kappa shape index (κ3) is 3.32. The van der Waals surface area contributed by atoms with Gasteiger partial charge in [-0.1, -0.05) is 12.1 Å². The Bertz CT molecular complexity index is 506. The van der Waals surface area contributed by atoms with Crippen molar-refractivity contribution < 1.29 is 4.74 Å². The van der Waals surface area contributed by atoms with Gasteiger partial charge >= 0.3 is 0 Å². The summed E-state index contributed by atoms with van der Waals surface area (Å²) in [5, 5.41) is 4.15. The van der Waals surface area contributed by atoms with Gasteiger partial charge in [-0.15, -0.1) is 0 Å². The molecule has 0 saturated carbocycles. The van der Waals surface area contributed by atoms with Gasteiger partial charge in [-0.3, -0.25) is 4.68 Å². The highest BCUT2D eigenvalue weighted by Gasteiger charge is 2.11. The van der Waals surface area contributed by atoms with E-state index in [1.165, 1.54) is 0 Å². The first-order chi connectivity index (χ1) is 9.24. The van der Waals surface area contributed by atoms with Gasteiger partial charge in [0, 0.05) is 19.0 Å². The zero-order chi connectivity index (χ0) is 13.7. The minimum absolute atomic E-state index is 0.0785. The summed E-state index contributed by atoms with van der Waals surface area (Å²) in [7, 11) is 0. The number of ether oxygens (including phenoxy) is 1. The van der Waals surface area contributed by atoms with E-state index in [2.05, 4.69) is 10.1 Å². The van der Waals surface area contributed by atoms with Crippen LogP contribution in [0.15, 0.2) is 30.6 Å². The third-order valence-electron chi connectivity index (χ3n) is 3.02. The Morgan fingerprint density at radius 1 is 1.26 bits per heavy atom. The van der Waals surface area contributed by atoms with Crippen molar-refractivity contribution in [3.63, 3.8) is 0 Å². The van der Waals surface area contributed by atoms with E-state index < -0.39 is 0 Å². The van der Waals surface area contributed by atoms with Crippen molar-refractivity contribution in [2.75, 3.05) is 6.61 Å². The second-order valence-electron chi connectivity index (χ2n) is 4.30. The molecule has 0 spiro atoms. The van der Waals surface area contributed by atoms with Gasteiger partial charge in [0.2, 0.25) is 0 Å². The highest BCUT2D eigenvalue weighted by Crippen LogP contribution is 2.18. The highest BCUT2D eigenvalue weighted by atomic mass is 16.5. The molecule has 1 atom stereocenters. The molecule has 0 aliphatic heterocycles. The normalized spacial score (nSPS) is 12.4. The molecule has 0 aliphatic carbocycles. The topological polar surface area (TPSA) is 66.0 Å². The first-order valence-electron chi connectivity index (χ1n) is 6.59. The molecule has 0 radical (unpaired) electrons. The summed E-state index contributed by atoms with van der Waals surface area (Å²) in [6.07, 6.45) is 2.26. The van der Waals surface area contributed by atoms with Crippen LogP contribution < -0.4 is 10.5 Å². The molecule has 5 nitrogen and oxygen atoms in total. The van der Waals surface area contributed by atoms with Gasteiger partial charge < -0.3 is 10.5 Å². The van der Waals surface area contributed by atoms with Crippen molar-refractivity contribution in [1.29, 1.82) is 0 Å². The molecule has 1 aromatic carbocycles. The standard InChI is InChI=1S/C14H20N4O/c1-3-18-14(16-10-17-18)9-13(15)11-5-7-12(8-6-11)19-4-2/h5-8,10,13H,3-4,9,15H2,1-2H3. The summed E-state index contributed by atoms with van der Waals surface area (Å²) in [6, 6.07) is 7.82. The lowest BCUT2D eigenvalue weighted by molar-refractivity contribution is 0.340. The smallest absolute Gasteiger partial charge is 0.138 e. The van der Waals surface area contributed by atoms with Gasteiger partial charge in [-0.05, 0) is 31.5 Å². The van der Waals surface area contributed by atoms with Crippen molar-refractivity contribution in [2.24, 2.45) is 5.73 Å². The van der Waals surface area contributed by atoms with Crippen LogP contribution >= 0.6 is 0 Å². The van der Waals surface area contributed by atoms with E-state index in [1.54, 1.807) is 6.33 Å². The fraction of sp³-hybridized carbons (Fsp3) is 0.429. The minimum Gasteiger partial charge on any atom is -0.494 e. The maximum absolute atomic E-state index is 6.21. The molecule has 1 aromatic heterocycles. The lowest BCUT2D eigenvalue weighted by Crippen LogP contribution is -2.16. The summed E-state index contributed by atoms with van der Waals surface area (Å²) in [5.41, 5.74) is 7.29. The number of nitrogens with zero attached hydrogens (tertiary/aromatic N) is 3. The fourth-order valence-corrected chi connectivity index (χ4v) is 2.00. The molecule has 0 bridgehead atoms. The maximum Gasteiger partial charge on any atom is 0.138 e. The molecule has 1 heterocycles. The Kier molecular flexibility index (Phi) is 4.52. The first kappa shape index (κ1) is 13.5. The predicted octanol–water partition coefficient (Wildman–Crippen LogP) is 1.94. The van der Waals surface area contributed by atoms with Gasteiger partial charge in [0.05, 0.1) is 6.61 Å². The molecule has 0 aliphatic rings. The van der Waals surface area contributed by atoms with Crippen molar-refractivity contribution in [1.82, 2.24) is 14.8 Å². The molecule has 0 fully saturated rings. The van der Waals surface area contributed by atoms with Crippen LogP contribution in [-0.4, -0.2) is 21.4 Å². The van der Waals surface area contributed by atoms with Crippen molar-refractivity contribution >= 4 is 0 Å². The van der Waals surface area contributed by atoms with Crippen LogP contribution in [0, 0.1) is 0 Å². The van der Waals surface area contributed by atoms with Gasteiger partial charge in [-0.2, -0.15) is 5.10 Å². The largest absolute Gasteiger partial charge is 0.494 e. The number of nitrogens with two attached hydrogens (primary N) is 1. The van der Waals surface area contributed by atoms with Crippen LogP contribution in [0.3, 0.4) is 0 Å². The zero-order valence-corrected chi connectivity index (χ0v) is 11.4. The van der Waals surface area contributed by atoms with Crippen molar-refractivity contribution in [3.8, 4) is 5.75 Å². The lowest BCUT2D eigenvalue weighted by Gasteiger charge is -2.12. The van der Waals surface area contributed by atoms with E-state index in [0.717, 1.165) is 23.7 Å². The zero-order valence-electron chi connectivity index (χ0n) is 11.4. The summed E-state index contributed by atoms with van der Waals surface area (Å²) >= 11 is 0. The number of hydrogen-bond acceptors (Lipinski definition) is 4. The van der Waals surface area contributed by atoms with E-state index in [4.69, 9.17) is 10.5 Å². The number of rotatable bonds is 6. The monoisotopic (exact) mass is 260 g/mol. The average molecular weight is 260 g/mol. The molecule has 102 valence electrons. The van der Waals surface area contributed by atoms with E-state index in [9.17, 15) is 0 Å². The number of aromatic nitrogens is 3. The lowest BCUT2D eigenvalue weighted by atomic mass is 10.0. The Labute approximate surface area is 113 Å². The minimum atomic E-state index is -0.0785. The summed E-state index contributed by atoms with van der Waals surface area (Å²) < 4.78 is 7.29. The fourth-order valence-electron chi connectivity index (χ4n) is 2.00. The first-order valence-corrected chi connectivity index (χ1v) is 6.59. The summed E-state index contributed by atoms with van der Waals surface area (Å²) in [5.74, 6) is 1.79. The number of hydrogen-bond donors (Lipinski definition) is 1. The molecule has 0 amide bonds. The van der Waals surface area contributed by atoms with Crippen LogP contribution in [0.1, 0.15) is 31.3 Å². The number of aryl methyl sites for hydroxylation is 1. The van der Waals surface area contributed by atoms with E-state index >= 15 is 0 Å². The predicted molar refractivity (Wildman–Crippen MR) is 73.9 cm³/mol. The molecular formula is C14H20N4O. The molecular weight excluding hydrogens is 240 g/mol. The van der Waals surface area contributed by atoms with Crippen LogP contribution in [0.4, 0.5) is 0 Å². The average Bonchev–Trinajstić information content (AvgIpc) is 2.87. The van der Waals surface area contributed by atoms with E-state index in [0.29, 0.717) is 13.0 Å². The molecule has 0 saturated heterocycles. The second-order valence-corrected chi connectivity index (χ2v) is 4.30. The molecule has 1 unspecified atom stereocenters. The summed E-state index contributed by atoms with van der Waals surface area (Å²) in [6.45, 7) is 5.49. The van der Waals surface area contributed by atoms with Crippen LogP contribution in [0.5, 0.6) is 5.75 Å². The summed E-state index contributed by atoms with van der Waals surface area (Å²) in [4.78, 5) is 4.25. The molecule has 2 rings (SSSR count). The highest BCUT2D eigenvalue weighted by molar-refractivity contribution is 5.29. The Morgan fingerprint density at radius 3 is 2.63 bits per heavy atom. The Balaban J connectivity index is 2.05. The Hall–Kier alpha value is -1.88. The number of benzene rings is 1. The van der Waals surface area contributed by atoms with E-state index in [1.807, 2.05) is 42.8 Å². The molecule has 2 aromatic rings. The van der Waals surface area contributed by atoms with Crippen molar-refractivity contribution in [3.05, 3.63) is 42.0 Å². The van der Waals surface area contributed by atoms with Gasteiger partial charge in [0.25, 0.3) is 0 Å². The van der Waals surface area contributed by atoms with Gasteiger partial charge in [0.15, 0.2) is 0 Å². The van der Waals surface area contributed by atoms with Crippen LogP contribution in [-0.2, 0) is 13.0 Å². The van der Waals surface area contributed by atoms with Crippen molar-refractivity contribution in [2.45, 2.75) is 32.9 Å². The second kappa shape index (κ2) is 6.33. The molecule has 2 N–H and O–H groups in total. The van der Waals surface area contributed by atoms with E-state index in [-0.39, 0.29) is 6.04 Å².